The fraction of sp³-hybridized carbons (Fsp3) is 0.370. The molecule has 0 unspecified atom stereocenters. The summed E-state index contributed by atoms with van der Waals surface area (Å²) in [5.74, 6) is -0.655. The molecule has 1 aromatic heterocycles. The lowest BCUT2D eigenvalue weighted by molar-refractivity contribution is -0.125. The number of hydroxylamine groups is 1. The highest BCUT2D eigenvalue weighted by molar-refractivity contribution is 7.89. The summed E-state index contributed by atoms with van der Waals surface area (Å²) in [7, 11) is -0.979. The van der Waals surface area contributed by atoms with Gasteiger partial charge in [0.1, 0.15) is 4.90 Å². The molecule has 0 bridgehead atoms. The van der Waals surface area contributed by atoms with Gasteiger partial charge in [-0.2, -0.15) is 5.48 Å². The Bertz CT molecular complexity index is 1490. The standard InChI is InChI=1S/C27H33N5O6S/c1-17(33)28-20-7-5-6-19(14-20)23(16-32-13-12-21(35)15-32)24-9-8-22-25(38-30-18(2)34)10-11-26(27(22)29-24)39(36,37)31(3)4/h5-11,14,21,23,35H,12-13,15-16H2,1-4H3,(H,28,33)(H,30,34)/t21-,23+/m0/s1. The molecule has 1 aliphatic rings. The molecule has 1 aliphatic heterocycles. The summed E-state index contributed by atoms with van der Waals surface area (Å²) in [6.07, 6.45) is 0.255. The van der Waals surface area contributed by atoms with E-state index in [1.165, 1.54) is 40.1 Å². The first kappa shape index (κ1) is 28.4. The SMILES string of the molecule is CC(=O)NOc1ccc(S(=O)(=O)N(C)C)c2nc([C@H](CN3CC[C@H](O)C3)c3cccc(NC(C)=O)c3)ccc12. The number of nitrogens with zero attached hydrogens (tertiary/aromatic N) is 3. The van der Waals surface area contributed by atoms with Crippen LogP contribution in [0.25, 0.3) is 10.9 Å². The number of carbonyl (C=O) groups excluding carboxylic acids is 2. The molecule has 12 heteroatoms. The van der Waals surface area contributed by atoms with Gasteiger partial charge in [-0.3, -0.25) is 19.5 Å². The van der Waals surface area contributed by atoms with E-state index in [2.05, 4.69) is 15.7 Å². The molecule has 3 N–H and O–H groups in total. The lowest BCUT2D eigenvalue weighted by Crippen LogP contribution is -2.28. The molecule has 1 saturated heterocycles. The van der Waals surface area contributed by atoms with Gasteiger partial charge in [-0.15, -0.1) is 0 Å². The third kappa shape index (κ3) is 6.53. The largest absolute Gasteiger partial charge is 0.392 e. The van der Waals surface area contributed by atoms with E-state index < -0.39 is 22.0 Å². The van der Waals surface area contributed by atoms with Crippen molar-refractivity contribution in [3.63, 3.8) is 0 Å². The molecule has 3 aromatic rings. The second-order valence-corrected chi connectivity index (χ2v) is 11.9. The number of benzene rings is 2. The van der Waals surface area contributed by atoms with Crippen LogP contribution in [0.4, 0.5) is 5.69 Å². The Morgan fingerprint density at radius 2 is 1.92 bits per heavy atom. The van der Waals surface area contributed by atoms with Gasteiger partial charge in [0.15, 0.2) is 5.75 Å². The van der Waals surface area contributed by atoms with Crippen molar-refractivity contribution >= 4 is 38.4 Å². The molecular weight excluding hydrogens is 522 g/mol. The minimum absolute atomic E-state index is 0.00173. The van der Waals surface area contributed by atoms with Gasteiger partial charge < -0.3 is 15.3 Å². The van der Waals surface area contributed by atoms with E-state index in [0.717, 1.165) is 9.87 Å². The maximum absolute atomic E-state index is 13.2. The molecule has 2 aromatic carbocycles. The number of hydrogen-bond donors (Lipinski definition) is 3. The van der Waals surface area contributed by atoms with E-state index >= 15 is 0 Å². The van der Waals surface area contributed by atoms with Crippen molar-refractivity contribution in [1.82, 2.24) is 19.7 Å². The van der Waals surface area contributed by atoms with Crippen LogP contribution in [0, 0.1) is 0 Å². The summed E-state index contributed by atoms with van der Waals surface area (Å²) in [6.45, 7) is 4.50. The van der Waals surface area contributed by atoms with Gasteiger partial charge >= 0.3 is 0 Å². The monoisotopic (exact) mass is 555 g/mol. The first-order valence-corrected chi connectivity index (χ1v) is 14.0. The van der Waals surface area contributed by atoms with E-state index in [1.54, 1.807) is 18.2 Å². The van der Waals surface area contributed by atoms with Crippen molar-refractivity contribution in [2.75, 3.05) is 39.0 Å². The molecule has 2 amide bonds. The number of pyridine rings is 1. The number of fused-ring (bicyclic) bond motifs is 1. The number of β-amino-alcohol motifs (C(OH)–C–C–N with tert-alkyl or cyclic N) is 1. The zero-order chi connectivity index (χ0) is 28.3. The summed E-state index contributed by atoms with van der Waals surface area (Å²) in [6, 6.07) is 13.9. The molecular formula is C27H33N5O6S. The fourth-order valence-electron chi connectivity index (χ4n) is 4.64. The Labute approximate surface area is 227 Å². The van der Waals surface area contributed by atoms with Crippen molar-refractivity contribution in [2.24, 2.45) is 0 Å². The molecule has 1 fully saturated rings. The van der Waals surface area contributed by atoms with E-state index in [1.807, 2.05) is 18.2 Å². The van der Waals surface area contributed by atoms with Crippen LogP contribution in [0.15, 0.2) is 53.4 Å². The molecule has 0 radical (unpaired) electrons. The smallest absolute Gasteiger partial charge is 0.249 e. The predicted molar refractivity (Wildman–Crippen MR) is 147 cm³/mol. The topological polar surface area (TPSA) is 141 Å². The Balaban J connectivity index is 1.88. The number of likely N-dealkylation sites (tertiary alicyclic amines) is 1. The number of aliphatic hydroxyl groups excluding tert-OH is 1. The number of aliphatic hydroxyl groups is 1. The lowest BCUT2D eigenvalue weighted by Gasteiger charge is -2.25. The van der Waals surface area contributed by atoms with Crippen LogP contribution in [0.2, 0.25) is 0 Å². The molecule has 0 saturated carbocycles. The number of carbonyl (C=O) groups is 2. The van der Waals surface area contributed by atoms with Gasteiger partial charge in [0.25, 0.3) is 0 Å². The van der Waals surface area contributed by atoms with Crippen LogP contribution in [0.1, 0.15) is 37.4 Å². The van der Waals surface area contributed by atoms with E-state index in [4.69, 9.17) is 9.82 Å². The van der Waals surface area contributed by atoms with Crippen molar-refractivity contribution < 1.29 is 28.0 Å². The van der Waals surface area contributed by atoms with Crippen molar-refractivity contribution in [3.05, 3.63) is 59.8 Å². The minimum atomic E-state index is -3.87. The summed E-state index contributed by atoms with van der Waals surface area (Å²) >= 11 is 0. The molecule has 0 aliphatic carbocycles. The number of nitrogens with one attached hydrogen (secondary N) is 2. The zero-order valence-corrected chi connectivity index (χ0v) is 23.2. The predicted octanol–water partition coefficient (Wildman–Crippen LogP) is 2.07. The Morgan fingerprint density at radius 1 is 1.15 bits per heavy atom. The number of hydrogen-bond acceptors (Lipinski definition) is 8. The average Bonchev–Trinajstić information content (AvgIpc) is 3.29. The number of amides is 2. The number of sulfonamides is 1. The summed E-state index contributed by atoms with van der Waals surface area (Å²) in [4.78, 5) is 35.6. The average molecular weight is 556 g/mol. The van der Waals surface area contributed by atoms with Crippen LogP contribution in [-0.4, -0.2) is 79.4 Å². The molecule has 0 spiro atoms. The second-order valence-electron chi connectivity index (χ2n) is 9.80. The van der Waals surface area contributed by atoms with E-state index in [9.17, 15) is 23.1 Å². The van der Waals surface area contributed by atoms with Gasteiger partial charge in [-0.05, 0) is 48.4 Å². The van der Waals surface area contributed by atoms with Gasteiger partial charge in [0.2, 0.25) is 21.8 Å². The molecule has 2 atom stereocenters. The van der Waals surface area contributed by atoms with Gasteiger partial charge in [0.05, 0.1) is 11.6 Å². The van der Waals surface area contributed by atoms with E-state index in [0.29, 0.717) is 42.8 Å². The summed E-state index contributed by atoms with van der Waals surface area (Å²) in [5, 5.41) is 13.3. The Kier molecular flexibility index (Phi) is 8.50. The molecule has 11 nitrogen and oxygen atoms in total. The molecule has 208 valence electrons. The third-order valence-electron chi connectivity index (χ3n) is 6.52. The van der Waals surface area contributed by atoms with Gasteiger partial charge in [0, 0.05) is 70.3 Å². The van der Waals surface area contributed by atoms with Crippen LogP contribution < -0.4 is 15.6 Å². The number of aromatic nitrogens is 1. The van der Waals surface area contributed by atoms with E-state index in [-0.39, 0.29) is 28.0 Å². The van der Waals surface area contributed by atoms with Gasteiger partial charge in [-0.1, -0.05) is 12.1 Å². The minimum Gasteiger partial charge on any atom is -0.392 e. The van der Waals surface area contributed by atoms with Crippen molar-refractivity contribution in [1.29, 1.82) is 0 Å². The maximum Gasteiger partial charge on any atom is 0.249 e. The highest BCUT2D eigenvalue weighted by Gasteiger charge is 2.28. The Morgan fingerprint density at radius 3 is 2.56 bits per heavy atom. The second kappa shape index (κ2) is 11.7. The Hall–Kier alpha value is -3.58. The highest BCUT2D eigenvalue weighted by Crippen LogP contribution is 2.34. The normalized spacial score (nSPS) is 16.8. The summed E-state index contributed by atoms with van der Waals surface area (Å²) in [5.41, 5.74) is 4.60. The molecule has 39 heavy (non-hydrogen) atoms. The van der Waals surface area contributed by atoms with Crippen LogP contribution in [0.5, 0.6) is 5.75 Å². The van der Waals surface area contributed by atoms with Gasteiger partial charge in [-0.25, -0.2) is 12.7 Å². The van der Waals surface area contributed by atoms with Crippen LogP contribution in [0.3, 0.4) is 0 Å². The van der Waals surface area contributed by atoms with Crippen LogP contribution >= 0.6 is 0 Å². The third-order valence-corrected chi connectivity index (χ3v) is 8.37. The number of anilines is 1. The lowest BCUT2D eigenvalue weighted by atomic mass is 9.93. The summed E-state index contributed by atoms with van der Waals surface area (Å²) < 4.78 is 27.6. The first-order chi connectivity index (χ1) is 18.5. The zero-order valence-electron chi connectivity index (χ0n) is 22.3. The quantitative estimate of drug-likeness (QED) is 0.341. The molecule has 2 heterocycles. The fourth-order valence-corrected chi connectivity index (χ4v) is 5.67. The number of rotatable bonds is 9. The highest BCUT2D eigenvalue weighted by atomic mass is 32.2. The van der Waals surface area contributed by atoms with Crippen LogP contribution in [-0.2, 0) is 19.6 Å². The van der Waals surface area contributed by atoms with Crippen molar-refractivity contribution in [2.45, 2.75) is 37.2 Å². The van der Waals surface area contributed by atoms with Crippen molar-refractivity contribution in [3.8, 4) is 5.75 Å². The molecule has 4 rings (SSSR count). The first-order valence-electron chi connectivity index (χ1n) is 12.5. The maximum atomic E-state index is 13.2.